The molecule has 1 aromatic heterocycles. The first-order valence-corrected chi connectivity index (χ1v) is 5.94. The summed E-state index contributed by atoms with van der Waals surface area (Å²) >= 11 is 0. The van der Waals surface area contributed by atoms with E-state index in [2.05, 4.69) is 10.3 Å². The Labute approximate surface area is 120 Å². The Bertz CT molecular complexity index is 748. The normalized spacial score (nSPS) is 9.71. The second-order valence-electron chi connectivity index (χ2n) is 4.26. The molecule has 0 unspecified atom stereocenters. The lowest BCUT2D eigenvalue weighted by atomic mass is 10.1. The molecule has 1 aromatic carbocycles. The van der Waals surface area contributed by atoms with E-state index in [1.165, 1.54) is 36.5 Å². The highest BCUT2D eigenvalue weighted by Gasteiger charge is 2.14. The van der Waals surface area contributed by atoms with E-state index in [4.69, 9.17) is 5.26 Å². The maximum atomic E-state index is 12.0. The lowest BCUT2D eigenvalue weighted by molar-refractivity contribution is -0.385. The Hall–Kier alpha value is -3.27. The minimum Gasteiger partial charge on any atom is -0.307 e. The van der Waals surface area contributed by atoms with Gasteiger partial charge in [0.05, 0.1) is 10.5 Å². The number of anilines is 1. The van der Waals surface area contributed by atoms with E-state index in [1.807, 2.05) is 6.07 Å². The van der Waals surface area contributed by atoms with Crippen molar-refractivity contribution in [2.75, 3.05) is 5.32 Å². The Balaban J connectivity index is 2.18. The Morgan fingerprint density at radius 3 is 2.67 bits per heavy atom. The molecule has 1 amide bonds. The van der Waals surface area contributed by atoms with Crippen LogP contribution in [0.4, 0.5) is 11.5 Å². The van der Waals surface area contributed by atoms with Crippen molar-refractivity contribution in [1.29, 1.82) is 5.26 Å². The zero-order valence-electron chi connectivity index (χ0n) is 11.0. The fourth-order valence-corrected chi connectivity index (χ4v) is 1.72. The van der Waals surface area contributed by atoms with Crippen molar-refractivity contribution < 1.29 is 9.72 Å². The number of nitrogens with one attached hydrogen (secondary N) is 1. The fraction of sp³-hybridized carbons (Fsp3) is 0.0714. The van der Waals surface area contributed by atoms with Crippen LogP contribution >= 0.6 is 0 Å². The molecule has 0 bridgehead atoms. The smallest absolute Gasteiger partial charge is 0.272 e. The number of nitro groups is 1. The lowest BCUT2D eigenvalue weighted by Gasteiger charge is -2.05. The minimum atomic E-state index is -0.501. The summed E-state index contributed by atoms with van der Waals surface area (Å²) in [6, 6.07) is 9.07. The Kier molecular flexibility index (Phi) is 3.90. The van der Waals surface area contributed by atoms with Gasteiger partial charge in [-0.05, 0) is 31.2 Å². The van der Waals surface area contributed by atoms with Gasteiger partial charge in [0, 0.05) is 23.4 Å². The van der Waals surface area contributed by atoms with Crippen LogP contribution in [0.2, 0.25) is 0 Å². The fourth-order valence-electron chi connectivity index (χ4n) is 1.72. The predicted molar refractivity (Wildman–Crippen MR) is 74.7 cm³/mol. The predicted octanol–water partition coefficient (Wildman–Crippen LogP) is 2.42. The van der Waals surface area contributed by atoms with Gasteiger partial charge in [0.15, 0.2) is 0 Å². The molecule has 21 heavy (non-hydrogen) atoms. The average molecular weight is 282 g/mol. The summed E-state index contributed by atoms with van der Waals surface area (Å²) in [5.74, 6) is -0.125. The third kappa shape index (κ3) is 3.19. The molecule has 0 aliphatic carbocycles. The van der Waals surface area contributed by atoms with Crippen molar-refractivity contribution in [3.05, 3.63) is 63.3 Å². The molecule has 7 nitrogen and oxygen atoms in total. The number of hydrogen-bond acceptors (Lipinski definition) is 5. The van der Waals surface area contributed by atoms with Gasteiger partial charge in [-0.1, -0.05) is 0 Å². The van der Waals surface area contributed by atoms with E-state index in [0.29, 0.717) is 22.5 Å². The molecule has 0 saturated heterocycles. The van der Waals surface area contributed by atoms with Crippen LogP contribution in [0.15, 0.2) is 36.5 Å². The third-order valence-electron chi connectivity index (χ3n) is 2.79. The van der Waals surface area contributed by atoms with Crippen LogP contribution in [0.5, 0.6) is 0 Å². The largest absolute Gasteiger partial charge is 0.307 e. The summed E-state index contributed by atoms with van der Waals surface area (Å²) in [6.07, 6.45) is 1.34. The number of nitrogens with zero attached hydrogens (tertiary/aromatic N) is 3. The highest BCUT2D eigenvalue weighted by atomic mass is 16.6. The molecule has 7 heteroatoms. The standard InChI is InChI=1S/C14H10N4O3/c1-9-6-11(3-4-12(9)18(20)21)14(19)17-13-5-2-10(7-15)8-16-13/h2-6,8H,1H3,(H,16,17,19). The van der Waals surface area contributed by atoms with Gasteiger partial charge in [-0.25, -0.2) is 4.98 Å². The number of nitriles is 1. The van der Waals surface area contributed by atoms with E-state index in [1.54, 1.807) is 6.92 Å². The van der Waals surface area contributed by atoms with E-state index < -0.39 is 10.8 Å². The van der Waals surface area contributed by atoms with Crippen LogP contribution in [0.3, 0.4) is 0 Å². The number of benzene rings is 1. The van der Waals surface area contributed by atoms with Crippen LogP contribution in [0.25, 0.3) is 0 Å². The first kappa shape index (κ1) is 14.1. The number of aromatic nitrogens is 1. The zero-order valence-corrected chi connectivity index (χ0v) is 11.0. The molecule has 0 saturated carbocycles. The maximum Gasteiger partial charge on any atom is 0.272 e. The molecule has 0 aliphatic heterocycles. The van der Waals surface area contributed by atoms with Crippen molar-refractivity contribution in [3.63, 3.8) is 0 Å². The Morgan fingerprint density at radius 2 is 2.14 bits per heavy atom. The first-order chi connectivity index (χ1) is 10.0. The second-order valence-corrected chi connectivity index (χ2v) is 4.26. The molecule has 0 aliphatic rings. The topological polar surface area (TPSA) is 109 Å². The van der Waals surface area contributed by atoms with Crippen molar-refractivity contribution >= 4 is 17.4 Å². The summed E-state index contributed by atoms with van der Waals surface area (Å²) in [5, 5.41) is 21.9. The van der Waals surface area contributed by atoms with Gasteiger partial charge in [0.2, 0.25) is 0 Å². The zero-order chi connectivity index (χ0) is 15.4. The molecule has 0 fully saturated rings. The van der Waals surface area contributed by atoms with Gasteiger partial charge in [-0.15, -0.1) is 0 Å². The number of hydrogen-bond donors (Lipinski definition) is 1. The maximum absolute atomic E-state index is 12.0. The highest BCUT2D eigenvalue weighted by molar-refractivity contribution is 6.04. The molecule has 1 N–H and O–H groups in total. The van der Waals surface area contributed by atoms with Gasteiger partial charge < -0.3 is 5.32 Å². The lowest BCUT2D eigenvalue weighted by Crippen LogP contribution is -2.13. The van der Waals surface area contributed by atoms with Crippen LogP contribution in [-0.4, -0.2) is 15.8 Å². The highest BCUT2D eigenvalue weighted by Crippen LogP contribution is 2.19. The molecular formula is C14H10N4O3. The van der Waals surface area contributed by atoms with E-state index in [0.717, 1.165) is 0 Å². The number of aryl methyl sites for hydroxylation is 1. The van der Waals surface area contributed by atoms with Crippen molar-refractivity contribution in [2.45, 2.75) is 6.92 Å². The van der Waals surface area contributed by atoms with Gasteiger partial charge in [-0.2, -0.15) is 5.26 Å². The molecular weight excluding hydrogens is 272 g/mol. The minimum absolute atomic E-state index is 0.0388. The first-order valence-electron chi connectivity index (χ1n) is 5.94. The van der Waals surface area contributed by atoms with Crippen molar-refractivity contribution in [1.82, 2.24) is 4.98 Å². The number of rotatable bonds is 3. The summed E-state index contributed by atoms with van der Waals surface area (Å²) in [4.78, 5) is 26.2. The number of carbonyl (C=O) groups is 1. The number of pyridine rings is 1. The van der Waals surface area contributed by atoms with Gasteiger partial charge in [0.25, 0.3) is 11.6 Å². The van der Waals surface area contributed by atoms with Crippen LogP contribution < -0.4 is 5.32 Å². The molecule has 2 aromatic rings. The molecule has 0 spiro atoms. The second kappa shape index (κ2) is 5.79. The quantitative estimate of drug-likeness (QED) is 0.686. The number of amides is 1. The van der Waals surface area contributed by atoms with Gasteiger partial charge >= 0.3 is 0 Å². The SMILES string of the molecule is Cc1cc(C(=O)Nc2ccc(C#N)cn2)ccc1[N+](=O)[O-]. The summed E-state index contributed by atoms with van der Waals surface area (Å²) in [6.45, 7) is 1.56. The number of nitro benzene ring substituents is 1. The van der Waals surface area contributed by atoms with Gasteiger partial charge in [-0.3, -0.25) is 14.9 Å². The van der Waals surface area contributed by atoms with E-state index in [9.17, 15) is 14.9 Å². The van der Waals surface area contributed by atoms with E-state index >= 15 is 0 Å². The molecule has 2 rings (SSSR count). The summed E-state index contributed by atoms with van der Waals surface area (Å²) < 4.78 is 0. The van der Waals surface area contributed by atoms with Crippen LogP contribution in [0, 0.1) is 28.4 Å². The van der Waals surface area contributed by atoms with Crippen LogP contribution in [-0.2, 0) is 0 Å². The number of carbonyl (C=O) groups excluding carboxylic acids is 1. The monoisotopic (exact) mass is 282 g/mol. The van der Waals surface area contributed by atoms with Crippen LogP contribution in [0.1, 0.15) is 21.5 Å². The molecule has 0 radical (unpaired) electrons. The molecule has 1 heterocycles. The van der Waals surface area contributed by atoms with Crippen molar-refractivity contribution in [2.24, 2.45) is 0 Å². The summed E-state index contributed by atoms with van der Waals surface area (Å²) in [5.41, 5.74) is 1.05. The third-order valence-corrected chi connectivity index (χ3v) is 2.79. The van der Waals surface area contributed by atoms with Gasteiger partial charge in [0.1, 0.15) is 11.9 Å². The molecule has 0 atom stereocenters. The average Bonchev–Trinajstić information content (AvgIpc) is 2.47. The summed E-state index contributed by atoms with van der Waals surface area (Å²) in [7, 11) is 0. The van der Waals surface area contributed by atoms with Crippen molar-refractivity contribution in [3.8, 4) is 6.07 Å². The van der Waals surface area contributed by atoms with E-state index in [-0.39, 0.29) is 5.69 Å². The molecule has 104 valence electrons. The Morgan fingerprint density at radius 1 is 1.38 bits per heavy atom.